The molecule has 1 nitrogen and oxygen atoms in total. The van der Waals surface area contributed by atoms with Crippen molar-refractivity contribution in [3.05, 3.63) is 102 Å². The molecule has 20 heavy (non-hydrogen) atoms. The average molecular weight is 258 g/mol. The quantitative estimate of drug-likeness (QED) is 0.738. The summed E-state index contributed by atoms with van der Waals surface area (Å²) in [5.41, 5.74) is 3.84. The molecule has 0 fully saturated rings. The number of rotatable bonds is 2. The van der Waals surface area contributed by atoms with Gasteiger partial charge in [0.05, 0.1) is 0 Å². The lowest BCUT2D eigenvalue weighted by atomic mass is 9.89. The first-order chi connectivity index (χ1) is 9.86. The molecule has 0 atom stereocenters. The summed E-state index contributed by atoms with van der Waals surface area (Å²) in [5, 5.41) is 0. The zero-order valence-electron chi connectivity index (χ0n) is 11.0. The van der Waals surface area contributed by atoms with Crippen molar-refractivity contribution in [3.8, 4) is 0 Å². The molecule has 0 N–H and O–H groups in total. The third-order valence-electron chi connectivity index (χ3n) is 3.28. The van der Waals surface area contributed by atoms with Crippen LogP contribution in [0.15, 0.2) is 90.5 Å². The van der Waals surface area contributed by atoms with E-state index in [1.807, 2.05) is 72.8 Å². The van der Waals surface area contributed by atoms with E-state index in [0.717, 1.165) is 22.3 Å². The number of allylic oxidation sites excluding steroid dienone is 5. The summed E-state index contributed by atoms with van der Waals surface area (Å²) < 4.78 is 0. The molecule has 0 amide bonds. The van der Waals surface area contributed by atoms with E-state index >= 15 is 0 Å². The molecule has 2 aromatic carbocycles. The molecule has 0 unspecified atom stereocenters. The summed E-state index contributed by atoms with van der Waals surface area (Å²) in [6.45, 7) is 0. The molecular weight excluding hydrogens is 244 g/mol. The maximum Gasteiger partial charge on any atom is 0.186 e. The summed E-state index contributed by atoms with van der Waals surface area (Å²) in [4.78, 5) is 12.2. The predicted octanol–water partition coefficient (Wildman–Crippen LogP) is 4.18. The lowest BCUT2D eigenvalue weighted by Gasteiger charge is -2.13. The Morgan fingerprint density at radius 1 is 0.650 bits per heavy atom. The van der Waals surface area contributed by atoms with Crippen molar-refractivity contribution in [1.29, 1.82) is 0 Å². The Balaban J connectivity index is 2.25. The van der Waals surface area contributed by atoms with Crippen molar-refractivity contribution < 1.29 is 4.79 Å². The molecule has 1 aliphatic rings. The Labute approximate surface area is 118 Å². The molecule has 96 valence electrons. The first kappa shape index (κ1) is 12.4. The largest absolute Gasteiger partial charge is 0.289 e. The molecule has 0 aliphatic heterocycles. The Morgan fingerprint density at radius 2 is 1.15 bits per heavy atom. The number of ketones is 1. The van der Waals surface area contributed by atoms with Crippen LogP contribution >= 0.6 is 0 Å². The molecule has 0 spiro atoms. The smallest absolute Gasteiger partial charge is 0.186 e. The minimum atomic E-state index is 0.0511. The van der Waals surface area contributed by atoms with Gasteiger partial charge in [0.15, 0.2) is 5.78 Å². The van der Waals surface area contributed by atoms with Crippen molar-refractivity contribution in [3.63, 3.8) is 0 Å². The van der Waals surface area contributed by atoms with Crippen LogP contribution in [0.3, 0.4) is 0 Å². The molecule has 0 aromatic heterocycles. The van der Waals surface area contributed by atoms with E-state index in [4.69, 9.17) is 0 Å². The van der Waals surface area contributed by atoms with Crippen LogP contribution in [0, 0.1) is 0 Å². The molecule has 0 saturated heterocycles. The highest BCUT2D eigenvalue weighted by Crippen LogP contribution is 2.29. The highest BCUT2D eigenvalue weighted by Gasteiger charge is 2.15. The summed E-state index contributed by atoms with van der Waals surface area (Å²) in [7, 11) is 0. The Morgan fingerprint density at radius 3 is 1.65 bits per heavy atom. The monoisotopic (exact) mass is 258 g/mol. The van der Waals surface area contributed by atoms with Crippen LogP contribution < -0.4 is 0 Å². The molecule has 1 aliphatic carbocycles. The van der Waals surface area contributed by atoms with Gasteiger partial charge in [0, 0.05) is 11.1 Å². The standard InChI is InChI=1S/C19H14O/c20-18-14-8-7-13-17(18)19(15-9-3-1-4-10-15)16-11-5-2-6-12-16/h1-14H. The van der Waals surface area contributed by atoms with Gasteiger partial charge in [-0.1, -0.05) is 78.9 Å². The van der Waals surface area contributed by atoms with E-state index < -0.39 is 0 Å². The van der Waals surface area contributed by atoms with E-state index in [1.165, 1.54) is 0 Å². The Bertz CT molecular complexity index is 662. The second kappa shape index (κ2) is 5.54. The summed E-state index contributed by atoms with van der Waals surface area (Å²) in [6.07, 6.45) is 7.18. The van der Waals surface area contributed by atoms with Crippen molar-refractivity contribution in [1.82, 2.24) is 0 Å². The van der Waals surface area contributed by atoms with Crippen LogP contribution in [0.2, 0.25) is 0 Å². The van der Waals surface area contributed by atoms with Gasteiger partial charge in [-0.25, -0.2) is 0 Å². The molecular formula is C19H14O. The summed E-state index contributed by atoms with van der Waals surface area (Å²) in [5.74, 6) is 0.0511. The molecule has 0 saturated carbocycles. The lowest BCUT2D eigenvalue weighted by Crippen LogP contribution is -2.04. The van der Waals surface area contributed by atoms with Crippen LogP contribution in [0.4, 0.5) is 0 Å². The van der Waals surface area contributed by atoms with Crippen LogP contribution in [-0.2, 0) is 4.79 Å². The predicted molar refractivity (Wildman–Crippen MR) is 82.2 cm³/mol. The van der Waals surface area contributed by atoms with E-state index in [2.05, 4.69) is 0 Å². The number of carbonyl (C=O) groups excluding carboxylic acids is 1. The molecule has 3 rings (SSSR count). The van der Waals surface area contributed by atoms with Crippen LogP contribution in [0.1, 0.15) is 11.1 Å². The van der Waals surface area contributed by atoms with E-state index in [1.54, 1.807) is 12.2 Å². The first-order valence-electron chi connectivity index (χ1n) is 6.60. The number of benzene rings is 2. The fraction of sp³-hybridized carbons (Fsp3) is 0. The number of hydrogen-bond acceptors (Lipinski definition) is 1. The maximum absolute atomic E-state index is 12.2. The van der Waals surface area contributed by atoms with Gasteiger partial charge in [-0.15, -0.1) is 0 Å². The number of carbonyl (C=O) groups is 1. The minimum absolute atomic E-state index is 0.0511. The summed E-state index contributed by atoms with van der Waals surface area (Å²) in [6, 6.07) is 20.1. The Hall–Kier alpha value is -2.67. The average Bonchev–Trinajstić information content (AvgIpc) is 2.52. The van der Waals surface area contributed by atoms with Gasteiger partial charge in [-0.05, 0) is 17.2 Å². The van der Waals surface area contributed by atoms with Crippen molar-refractivity contribution in [2.75, 3.05) is 0 Å². The zero-order chi connectivity index (χ0) is 13.8. The molecule has 0 bridgehead atoms. The van der Waals surface area contributed by atoms with Crippen molar-refractivity contribution in [2.45, 2.75) is 0 Å². The van der Waals surface area contributed by atoms with Gasteiger partial charge in [0.25, 0.3) is 0 Å². The van der Waals surface area contributed by atoms with Gasteiger partial charge in [-0.2, -0.15) is 0 Å². The summed E-state index contributed by atoms with van der Waals surface area (Å²) >= 11 is 0. The van der Waals surface area contributed by atoms with E-state index in [9.17, 15) is 4.79 Å². The van der Waals surface area contributed by atoms with Gasteiger partial charge in [-0.3, -0.25) is 4.79 Å². The first-order valence-corrected chi connectivity index (χ1v) is 6.60. The van der Waals surface area contributed by atoms with Crippen LogP contribution in [0.5, 0.6) is 0 Å². The SMILES string of the molecule is O=C1C=CC=CC1=C(c1ccccc1)c1ccccc1. The molecule has 0 heterocycles. The van der Waals surface area contributed by atoms with Gasteiger partial charge in [0.2, 0.25) is 0 Å². The van der Waals surface area contributed by atoms with Crippen LogP contribution in [-0.4, -0.2) is 5.78 Å². The van der Waals surface area contributed by atoms with E-state index in [-0.39, 0.29) is 5.78 Å². The van der Waals surface area contributed by atoms with E-state index in [0.29, 0.717) is 0 Å². The minimum Gasteiger partial charge on any atom is -0.289 e. The second-order valence-electron chi connectivity index (χ2n) is 4.60. The lowest BCUT2D eigenvalue weighted by molar-refractivity contribution is -0.111. The fourth-order valence-corrected chi connectivity index (χ4v) is 2.36. The van der Waals surface area contributed by atoms with Gasteiger partial charge >= 0.3 is 0 Å². The second-order valence-corrected chi connectivity index (χ2v) is 4.60. The topological polar surface area (TPSA) is 17.1 Å². The van der Waals surface area contributed by atoms with Crippen molar-refractivity contribution in [2.24, 2.45) is 0 Å². The Kier molecular flexibility index (Phi) is 3.42. The van der Waals surface area contributed by atoms with Crippen molar-refractivity contribution >= 4 is 11.4 Å². The molecule has 2 aromatic rings. The normalized spacial score (nSPS) is 13.6. The molecule has 0 radical (unpaired) electrons. The fourth-order valence-electron chi connectivity index (χ4n) is 2.36. The highest BCUT2D eigenvalue weighted by atomic mass is 16.1. The van der Waals surface area contributed by atoms with Gasteiger partial charge in [0.1, 0.15) is 0 Å². The third-order valence-corrected chi connectivity index (χ3v) is 3.28. The van der Waals surface area contributed by atoms with Crippen LogP contribution in [0.25, 0.3) is 5.57 Å². The maximum atomic E-state index is 12.2. The zero-order valence-corrected chi connectivity index (χ0v) is 11.0. The number of hydrogen-bond donors (Lipinski definition) is 0. The highest BCUT2D eigenvalue weighted by molar-refractivity contribution is 6.14. The third kappa shape index (κ3) is 2.39. The molecule has 1 heteroatoms. The van der Waals surface area contributed by atoms with Gasteiger partial charge < -0.3 is 0 Å².